The quantitative estimate of drug-likeness (QED) is 0.619. The number of nitrogens with zero attached hydrogens (tertiary/aromatic N) is 1. The minimum Gasteiger partial charge on any atom is -0.480 e. The van der Waals surface area contributed by atoms with E-state index in [2.05, 4.69) is 4.72 Å². The minimum atomic E-state index is -3.95. The van der Waals surface area contributed by atoms with Crippen molar-refractivity contribution in [3.63, 3.8) is 0 Å². The van der Waals surface area contributed by atoms with Crippen LogP contribution in [-0.4, -0.2) is 62.4 Å². The van der Waals surface area contributed by atoms with E-state index in [1.54, 1.807) is 0 Å². The van der Waals surface area contributed by atoms with Crippen LogP contribution < -0.4 is 4.72 Å². The first-order valence-electron chi connectivity index (χ1n) is 5.91. The maximum Gasteiger partial charge on any atom is 0.318 e. The highest BCUT2D eigenvalue weighted by Gasteiger charge is 2.41. The number of carboxylic acid groups (broad SMARTS) is 1. The molecule has 0 spiro atoms. The van der Waals surface area contributed by atoms with E-state index in [9.17, 15) is 21.6 Å². The monoisotopic (exact) mass is 312 g/mol. The van der Waals surface area contributed by atoms with Crippen LogP contribution in [0.25, 0.3) is 0 Å². The first kappa shape index (κ1) is 14.7. The zero-order valence-electron chi connectivity index (χ0n) is 10.1. The summed E-state index contributed by atoms with van der Waals surface area (Å²) in [4.78, 5) is 10.8. The van der Waals surface area contributed by atoms with Gasteiger partial charge in [0.25, 0.3) is 10.2 Å². The van der Waals surface area contributed by atoms with Gasteiger partial charge in [0.05, 0.1) is 11.5 Å². The van der Waals surface area contributed by atoms with Gasteiger partial charge in [0.1, 0.15) is 6.54 Å². The van der Waals surface area contributed by atoms with Gasteiger partial charge in [0.2, 0.25) is 0 Å². The van der Waals surface area contributed by atoms with Crippen molar-refractivity contribution in [1.29, 1.82) is 0 Å². The molecular weight excluding hydrogens is 296 g/mol. The van der Waals surface area contributed by atoms with Gasteiger partial charge in [-0.2, -0.15) is 17.4 Å². The van der Waals surface area contributed by atoms with Crippen LogP contribution in [0.1, 0.15) is 19.3 Å². The molecule has 110 valence electrons. The molecule has 0 radical (unpaired) electrons. The highest BCUT2D eigenvalue weighted by Crippen LogP contribution is 2.24. The Labute approximate surface area is 111 Å². The molecule has 1 unspecified atom stereocenters. The lowest BCUT2D eigenvalue weighted by Crippen LogP contribution is -2.49. The molecule has 1 saturated carbocycles. The molecule has 0 amide bonds. The smallest absolute Gasteiger partial charge is 0.318 e. The molecule has 1 aliphatic heterocycles. The van der Waals surface area contributed by atoms with Crippen LogP contribution in [0.2, 0.25) is 0 Å². The summed E-state index contributed by atoms with van der Waals surface area (Å²) < 4.78 is 50.1. The van der Waals surface area contributed by atoms with Crippen LogP contribution in [0, 0.1) is 0 Å². The summed E-state index contributed by atoms with van der Waals surface area (Å²) in [5.41, 5.74) is 0. The molecule has 0 aromatic carbocycles. The molecule has 19 heavy (non-hydrogen) atoms. The standard InChI is InChI=1S/C9H16N2O6S2/c12-9(13)5-11(8-3-4-18(14,15)6-8)19(16,17)10-7-1-2-7/h7-8,10H,1-6H2,(H,12,13). The van der Waals surface area contributed by atoms with Gasteiger partial charge >= 0.3 is 5.97 Å². The van der Waals surface area contributed by atoms with Crippen LogP contribution in [0.4, 0.5) is 0 Å². The van der Waals surface area contributed by atoms with Crippen molar-refractivity contribution in [3.8, 4) is 0 Å². The maximum absolute atomic E-state index is 12.1. The summed E-state index contributed by atoms with van der Waals surface area (Å²) in [6.45, 7) is -0.720. The van der Waals surface area contributed by atoms with Gasteiger partial charge < -0.3 is 5.11 Å². The van der Waals surface area contributed by atoms with Gasteiger partial charge in [-0.05, 0) is 19.3 Å². The van der Waals surface area contributed by atoms with Crippen LogP contribution >= 0.6 is 0 Å². The third-order valence-electron chi connectivity index (χ3n) is 3.11. The van der Waals surface area contributed by atoms with Gasteiger partial charge in [0, 0.05) is 12.1 Å². The van der Waals surface area contributed by atoms with E-state index in [-0.39, 0.29) is 24.0 Å². The first-order valence-corrected chi connectivity index (χ1v) is 9.17. The fourth-order valence-corrected chi connectivity index (χ4v) is 5.50. The SMILES string of the molecule is O=C(O)CN(C1CCS(=O)(=O)C1)S(=O)(=O)NC1CC1. The third kappa shape index (κ3) is 3.88. The molecule has 8 nitrogen and oxygen atoms in total. The summed E-state index contributed by atoms with van der Waals surface area (Å²) in [5.74, 6) is -1.72. The predicted octanol–water partition coefficient (Wildman–Crippen LogP) is -1.44. The Bertz CT molecular complexity index is 566. The van der Waals surface area contributed by atoms with Crippen molar-refractivity contribution in [1.82, 2.24) is 9.03 Å². The molecule has 2 aliphatic rings. The molecule has 0 aromatic rings. The number of carbonyl (C=O) groups is 1. The maximum atomic E-state index is 12.1. The number of hydrogen-bond donors (Lipinski definition) is 2. The lowest BCUT2D eigenvalue weighted by atomic mass is 10.2. The number of sulfone groups is 1. The van der Waals surface area contributed by atoms with E-state index < -0.39 is 38.6 Å². The second-order valence-electron chi connectivity index (χ2n) is 4.89. The Morgan fingerprint density at radius 3 is 2.37 bits per heavy atom. The normalized spacial score (nSPS) is 26.7. The third-order valence-corrected chi connectivity index (χ3v) is 6.53. The molecule has 1 aliphatic carbocycles. The number of rotatable bonds is 6. The lowest BCUT2D eigenvalue weighted by molar-refractivity contribution is -0.137. The second kappa shape index (κ2) is 5.00. The fraction of sp³-hybridized carbons (Fsp3) is 0.889. The van der Waals surface area contributed by atoms with Gasteiger partial charge in [-0.15, -0.1) is 0 Å². The Hall–Kier alpha value is -0.710. The summed E-state index contributed by atoms with van der Waals surface area (Å²) in [6, 6.07) is -0.948. The molecule has 0 bridgehead atoms. The first-order chi connectivity index (χ1) is 8.70. The highest BCUT2D eigenvalue weighted by atomic mass is 32.2. The Kier molecular flexibility index (Phi) is 3.87. The van der Waals surface area contributed by atoms with E-state index in [4.69, 9.17) is 5.11 Å². The van der Waals surface area contributed by atoms with Crippen LogP contribution in [0.5, 0.6) is 0 Å². The van der Waals surface area contributed by atoms with E-state index in [1.807, 2.05) is 0 Å². The van der Waals surface area contributed by atoms with Crippen molar-refractivity contribution in [2.75, 3.05) is 18.1 Å². The Morgan fingerprint density at radius 2 is 1.95 bits per heavy atom. The van der Waals surface area contributed by atoms with Crippen molar-refractivity contribution in [3.05, 3.63) is 0 Å². The predicted molar refractivity (Wildman–Crippen MR) is 66.5 cm³/mol. The number of nitrogens with one attached hydrogen (secondary N) is 1. The Balaban J connectivity index is 2.17. The molecule has 2 N–H and O–H groups in total. The van der Waals surface area contributed by atoms with Gasteiger partial charge in [-0.25, -0.2) is 8.42 Å². The molecule has 1 saturated heterocycles. The van der Waals surface area contributed by atoms with Crippen molar-refractivity contribution in [2.24, 2.45) is 0 Å². The number of carboxylic acids is 1. The Morgan fingerprint density at radius 1 is 1.32 bits per heavy atom. The molecule has 2 fully saturated rings. The average Bonchev–Trinajstić information content (AvgIpc) is 2.96. The van der Waals surface area contributed by atoms with Crippen LogP contribution in [0.15, 0.2) is 0 Å². The van der Waals surface area contributed by atoms with Crippen molar-refractivity contribution in [2.45, 2.75) is 31.3 Å². The van der Waals surface area contributed by atoms with Crippen LogP contribution in [0.3, 0.4) is 0 Å². The average molecular weight is 312 g/mol. The molecule has 1 atom stereocenters. The summed E-state index contributed by atoms with van der Waals surface area (Å²) in [7, 11) is -7.23. The van der Waals surface area contributed by atoms with Gasteiger partial charge in [-0.3, -0.25) is 4.79 Å². The highest BCUT2D eigenvalue weighted by molar-refractivity contribution is 7.91. The zero-order chi connectivity index (χ0) is 14.3. The summed E-state index contributed by atoms with van der Waals surface area (Å²) >= 11 is 0. The van der Waals surface area contributed by atoms with E-state index in [0.29, 0.717) is 0 Å². The fourth-order valence-electron chi connectivity index (χ4n) is 2.03. The largest absolute Gasteiger partial charge is 0.480 e. The molecule has 2 rings (SSSR count). The zero-order valence-corrected chi connectivity index (χ0v) is 11.8. The molecule has 0 aromatic heterocycles. The minimum absolute atomic E-state index is 0.104. The van der Waals surface area contributed by atoms with Crippen LogP contribution in [-0.2, 0) is 24.8 Å². The molecule has 10 heteroatoms. The van der Waals surface area contributed by atoms with E-state index in [1.165, 1.54) is 0 Å². The summed E-state index contributed by atoms with van der Waals surface area (Å²) in [5, 5.41) is 8.80. The lowest BCUT2D eigenvalue weighted by Gasteiger charge is -2.25. The second-order valence-corrected chi connectivity index (χ2v) is 8.78. The van der Waals surface area contributed by atoms with Gasteiger partial charge in [0.15, 0.2) is 9.84 Å². The van der Waals surface area contributed by atoms with E-state index >= 15 is 0 Å². The topological polar surface area (TPSA) is 121 Å². The number of aliphatic carboxylic acids is 1. The summed E-state index contributed by atoms with van der Waals surface area (Å²) in [6.07, 6.45) is 1.59. The number of hydrogen-bond acceptors (Lipinski definition) is 5. The van der Waals surface area contributed by atoms with Gasteiger partial charge in [-0.1, -0.05) is 0 Å². The molecular formula is C9H16N2O6S2. The van der Waals surface area contributed by atoms with E-state index in [0.717, 1.165) is 17.1 Å². The molecule has 1 heterocycles. The van der Waals surface area contributed by atoms with Crippen molar-refractivity contribution >= 4 is 26.0 Å². The van der Waals surface area contributed by atoms with Crippen molar-refractivity contribution < 1.29 is 26.7 Å².